The Morgan fingerprint density at radius 1 is 0.764 bits per heavy atom. The second kappa shape index (κ2) is 14.8. The molecule has 288 valence electrons. The lowest BCUT2D eigenvalue weighted by molar-refractivity contribution is -0.136. The first-order chi connectivity index (χ1) is 26.6. The number of halogens is 1. The Balaban J connectivity index is 0.912. The summed E-state index contributed by atoms with van der Waals surface area (Å²) >= 11 is 6.73. The number of amides is 4. The maximum Gasteiger partial charge on any atom is 0.407 e. The Morgan fingerprint density at radius 2 is 1.25 bits per heavy atom. The number of aliphatic imine (C=N–C) groups is 1. The SMILES string of the molecule is CC[C@H](NC(=O)OC)C(=O)N1[C@@H]2C[C@@H]2C[C@H]1C1=NC=C(c2ccc(-c3ccc(-c4nc([C@@H]5C[C@H]6C[C@H]6N5C(=O)[C@H](CC)NC(=O)OC)[nH]c4Cl)cc3)cc2)C1. The molecule has 2 aromatic carbocycles. The number of ether oxygens (including phenoxy) is 2. The van der Waals surface area contributed by atoms with E-state index in [-0.39, 0.29) is 36.0 Å². The van der Waals surface area contributed by atoms with Crippen molar-refractivity contribution in [1.29, 1.82) is 0 Å². The first-order valence-electron chi connectivity index (χ1n) is 19.2. The van der Waals surface area contributed by atoms with Crippen LogP contribution < -0.4 is 10.6 Å². The topological polar surface area (TPSA) is 158 Å². The zero-order valence-corrected chi connectivity index (χ0v) is 32.1. The smallest absolute Gasteiger partial charge is 0.407 e. The van der Waals surface area contributed by atoms with Crippen LogP contribution in [0.4, 0.5) is 9.59 Å². The number of hydrogen-bond donors (Lipinski definition) is 3. The average molecular weight is 768 g/mol. The van der Waals surface area contributed by atoms with E-state index in [1.807, 2.05) is 54.1 Å². The number of rotatable bonds is 11. The number of nitrogens with zero attached hydrogens (tertiary/aromatic N) is 4. The maximum absolute atomic E-state index is 13.6. The predicted molar refractivity (Wildman–Crippen MR) is 207 cm³/mol. The highest BCUT2D eigenvalue weighted by Gasteiger charge is 2.57. The molecule has 2 saturated carbocycles. The van der Waals surface area contributed by atoms with Crippen LogP contribution in [-0.4, -0.2) is 93.9 Å². The van der Waals surface area contributed by atoms with E-state index in [9.17, 15) is 19.2 Å². The lowest BCUT2D eigenvalue weighted by atomic mass is 9.95. The minimum atomic E-state index is -0.676. The largest absolute Gasteiger partial charge is 0.453 e. The van der Waals surface area contributed by atoms with Gasteiger partial charge < -0.3 is 34.9 Å². The van der Waals surface area contributed by atoms with E-state index < -0.39 is 24.3 Å². The number of aromatic amines is 1. The van der Waals surface area contributed by atoms with Crippen LogP contribution >= 0.6 is 11.6 Å². The summed E-state index contributed by atoms with van der Waals surface area (Å²) in [5.41, 5.74) is 6.77. The van der Waals surface area contributed by atoms with Gasteiger partial charge in [0.2, 0.25) is 11.8 Å². The van der Waals surface area contributed by atoms with Gasteiger partial charge in [-0.05, 0) is 72.6 Å². The van der Waals surface area contributed by atoms with Crippen molar-refractivity contribution in [2.24, 2.45) is 16.8 Å². The number of methoxy groups -OCH3 is 2. The van der Waals surface area contributed by atoms with Crippen LogP contribution in [0.2, 0.25) is 5.15 Å². The fourth-order valence-electron chi connectivity index (χ4n) is 8.77. The van der Waals surface area contributed by atoms with E-state index >= 15 is 0 Å². The van der Waals surface area contributed by atoms with Gasteiger partial charge in [0, 0.05) is 36.0 Å². The minimum Gasteiger partial charge on any atom is -0.453 e. The van der Waals surface area contributed by atoms with Gasteiger partial charge in [0.1, 0.15) is 28.8 Å². The van der Waals surface area contributed by atoms with Crippen LogP contribution in [-0.2, 0) is 19.1 Å². The molecule has 1 aromatic heterocycles. The van der Waals surface area contributed by atoms with Gasteiger partial charge >= 0.3 is 12.2 Å². The van der Waals surface area contributed by atoms with Gasteiger partial charge in [-0.2, -0.15) is 0 Å². The number of aromatic nitrogens is 2. The van der Waals surface area contributed by atoms with Gasteiger partial charge in [0.05, 0.1) is 26.3 Å². The van der Waals surface area contributed by atoms with Crippen LogP contribution in [0.3, 0.4) is 0 Å². The Morgan fingerprint density at radius 3 is 1.78 bits per heavy atom. The normalized spacial score (nSPS) is 25.6. The summed E-state index contributed by atoms with van der Waals surface area (Å²) in [5, 5.41) is 5.78. The highest BCUT2D eigenvalue weighted by Crippen LogP contribution is 2.54. The van der Waals surface area contributed by atoms with Crippen molar-refractivity contribution in [1.82, 2.24) is 30.4 Å². The summed E-state index contributed by atoms with van der Waals surface area (Å²) in [6, 6.07) is 15.2. The molecule has 8 atom stereocenters. The molecule has 8 rings (SSSR count). The zero-order chi connectivity index (χ0) is 38.5. The van der Waals surface area contributed by atoms with Crippen LogP contribution in [0.1, 0.15) is 76.2 Å². The van der Waals surface area contributed by atoms with Gasteiger partial charge in [-0.1, -0.05) is 74.0 Å². The number of benzene rings is 2. The number of nitrogens with one attached hydrogen (secondary N) is 3. The molecule has 0 spiro atoms. The third kappa shape index (κ3) is 6.98. The molecular weight excluding hydrogens is 722 g/mol. The second-order valence-corrected chi connectivity index (χ2v) is 15.6. The molecule has 13 nitrogen and oxygen atoms in total. The predicted octanol–water partition coefficient (Wildman–Crippen LogP) is 6.50. The number of piperidine rings is 2. The van der Waals surface area contributed by atoms with Crippen LogP contribution in [0.25, 0.3) is 28.0 Å². The summed E-state index contributed by atoms with van der Waals surface area (Å²) in [5.74, 6) is 1.35. The highest BCUT2D eigenvalue weighted by atomic mass is 35.5. The molecule has 0 unspecified atom stereocenters. The Hall–Kier alpha value is -5.17. The van der Waals surface area contributed by atoms with Crippen LogP contribution in [0.15, 0.2) is 59.7 Å². The van der Waals surface area contributed by atoms with Crippen molar-refractivity contribution < 1.29 is 28.7 Å². The Labute approximate surface area is 324 Å². The summed E-state index contributed by atoms with van der Waals surface area (Å²) in [6.45, 7) is 3.75. The van der Waals surface area contributed by atoms with Crippen molar-refractivity contribution >= 4 is 46.9 Å². The molecule has 4 fully saturated rings. The fraction of sp³-hybridized carbons (Fsp3) is 0.463. The summed E-state index contributed by atoms with van der Waals surface area (Å²) in [7, 11) is 2.59. The number of imidazole rings is 1. The van der Waals surface area contributed by atoms with Gasteiger partial charge in [0.25, 0.3) is 0 Å². The van der Waals surface area contributed by atoms with Gasteiger partial charge in [-0.25, -0.2) is 14.6 Å². The molecule has 5 aliphatic rings. The van der Waals surface area contributed by atoms with E-state index in [2.05, 4.69) is 39.9 Å². The highest BCUT2D eigenvalue weighted by molar-refractivity contribution is 6.32. The molecule has 2 aliphatic carbocycles. The third-order valence-corrected chi connectivity index (χ3v) is 12.2. The lowest BCUT2D eigenvalue weighted by Gasteiger charge is -2.31. The zero-order valence-electron chi connectivity index (χ0n) is 31.4. The van der Waals surface area contributed by atoms with Gasteiger partial charge in [0.15, 0.2) is 0 Å². The van der Waals surface area contributed by atoms with Crippen molar-refractivity contribution in [2.45, 2.75) is 95.0 Å². The monoisotopic (exact) mass is 767 g/mol. The lowest BCUT2D eigenvalue weighted by Crippen LogP contribution is -2.52. The molecule has 2 saturated heterocycles. The second-order valence-electron chi connectivity index (χ2n) is 15.2. The quantitative estimate of drug-likeness (QED) is 0.201. The van der Waals surface area contributed by atoms with E-state index in [1.165, 1.54) is 14.2 Å². The summed E-state index contributed by atoms with van der Waals surface area (Å²) in [4.78, 5) is 67.8. The van der Waals surface area contributed by atoms with Crippen LogP contribution in [0, 0.1) is 11.8 Å². The number of alkyl carbamates (subject to hydrolysis) is 2. The molecule has 4 amide bonds. The summed E-state index contributed by atoms with van der Waals surface area (Å²) in [6.07, 6.45) is 5.95. The molecule has 14 heteroatoms. The molecule has 3 N–H and O–H groups in total. The number of likely N-dealkylation sites (tertiary alicyclic amines) is 2. The number of carbonyl (C=O) groups is 4. The number of hydrogen-bond acceptors (Lipinski definition) is 8. The van der Waals surface area contributed by atoms with Gasteiger partial charge in [-0.15, -0.1) is 0 Å². The van der Waals surface area contributed by atoms with Crippen molar-refractivity contribution in [3.8, 4) is 22.4 Å². The Bertz CT molecular complexity index is 2060. The molecular formula is C41H46ClN7O6. The number of allylic oxidation sites excluding steroid dienone is 1. The molecule has 0 bridgehead atoms. The molecule has 3 aromatic rings. The average Bonchev–Trinajstić information content (AvgIpc) is 3.85. The van der Waals surface area contributed by atoms with Crippen LogP contribution in [0.5, 0.6) is 0 Å². The van der Waals surface area contributed by atoms with Crippen molar-refractivity contribution in [3.63, 3.8) is 0 Å². The molecule has 3 aliphatic heterocycles. The summed E-state index contributed by atoms with van der Waals surface area (Å²) < 4.78 is 9.49. The van der Waals surface area contributed by atoms with E-state index in [1.54, 1.807) is 0 Å². The van der Waals surface area contributed by atoms with E-state index in [0.717, 1.165) is 59.2 Å². The maximum atomic E-state index is 13.6. The first-order valence-corrected chi connectivity index (χ1v) is 19.6. The van der Waals surface area contributed by atoms with Crippen molar-refractivity contribution in [2.75, 3.05) is 14.2 Å². The van der Waals surface area contributed by atoms with Gasteiger partial charge in [-0.3, -0.25) is 14.6 Å². The number of H-pyrrole nitrogens is 1. The van der Waals surface area contributed by atoms with E-state index in [4.69, 9.17) is 31.1 Å². The number of fused-ring (bicyclic) bond motifs is 2. The molecule has 4 heterocycles. The first kappa shape index (κ1) is 36.8. The molecule has 0 radical (unpaired) electrons. The minimum absolute atomic E-state index is 0.0652. The third-order valence-electron chi connectivity index (χ3n) is 12.0. The number of carbonyl (C=O) groups excluding carboxylic acids is 4. The van der Waals surface area contributed by atoms with E-state index in [0.29, 0.717) is 47.8 Å². The Kier molecular flexibility index (Phi) is 9.91. The molecule has 55 heavy (non-hydrogen) atoms. The standard InChI is InChI=1S/C41H46ClN7O6/c1-5-28(44-40(52)54-3)38(50)48-31-16-25(31)18-33(48)30-15-27(20-43-30)23-9-7-21(8-10-23)22-11-13-24(14-12-22)35-36(42)47-37(46-35)34-19-26-17-32(26)49(34)39(51)29(6-2)45-41(53)55-4/h7-14,20,25-26,28-29,31-34H,5-6,15-19H2,1-4H3,(H,44,52)(H,45,53)(H,46,47)/t25-,26-,28+,29+,31-,32-,33+,34+/m1/s1. The fourth-order valence-corrected chi connectivity index (χ4v) is 9.02. The van der Waals surface area contributed by atoms with Crippen molar-refractivity contribution in [3.05, 3.63) is 71.3 Å².